The first-order valence-corrected chi connectivity index (χ1v) is 8.87. The van der Waals surface area contributed by atoms with Gasteiger partial charge in [-0.1, -0.05) is 49.4 Å². The number of aromatic nitrogens is 1. The lowest BCUT2D eigenvalue weighted by Gasteiger charge is -2.44. The van der Waals surface area contributed by atoms with Gasteiger partial charge in [0.1, 0.15) is 6.61 Å². The standard InChI is InChI=1S/C21H21NO4/c1-21(16-7-3-2-4-8-16)13-15(14-21)19(23)25-12-11-22-17-9-5-6-10-18(17)26-20(22)24/h2-10,15H,11-14H2,1H3. The van der Waals surface area contributed by atoms with Crippen LogP contribution in [0.1, 0.15) is 25.3 Å². The van der Waals surface area contributed by atoms with Crippen molar-refractivity contribution >= 4 is 17.1 Å². The van der Waals surface area contributed by atoms with E-state index >= 15 is 0 Å². The van der Waals surface area contributed by atoms with Crippen LogP contribution in [0.5, 0.6) is 0 Å². The molecule has 1 aliphatic rings. The number of esters is 1. The molecule has 0 atom stereocenters. The number of ether oxygens (including phenoxy) is 1. The van der Waals surface area contributed by atoms with Crippen molar-refractivity contribution in [3.05, 3.63) is 70.7 Å². The molecule has 5 nitrogen and oxygen atoms in total. The van der Waals surface area contributed by atoms with Crippen molar-refractivity contribution in [2.24, 2.45) is 5.92 Å². The van der Waals surface area contributed by atoms with E-state index in [1.165, 1.54) is 10.1 Å². The van der Waals surface area contributed by atoms with Crippen molar-refractivity contribution in [3.63, 3.8) is 0 Å². The van der Waals surface area contributed by atoms with Crippen molar-refractivity contribution in [3.8, 4) is 0 Å². The second kappa shape index (κ2) is 6.48. The Balaban J connectivity index is 1.33. The van der Waals surface area contributed by atoms with E-state index in [9.17, 15) is 9.59 Å². The SMILES string of the molecule is CC1(c2ccccc2)CC(C(=O)OCCn2c(=O)oc3ccccc32)C1. The van der Waals surface area contributed by atoms with E-state index in [2.05, 4.69) is 19.1 Å². The number of hydrogen-bond donors (Lipinski definition) is 0. The molecule has 26 heavy (non-hydrogen) atoms. The first-order valence-electron chi connectivity index (χ1n) is 8.87. The summed E-state index contributed by atoms with van der Waals surface area (Å²) in [5.74, 6) is -0.681. The highest BCUT2D eigenvalue weighted by Gasteiger charge is 2.45. The van der Waals surface area contributed by atoms with Crippen molar-refractivity contribution in [1.82, 2.24) is 4.57 Å². The first-order chi connectivity index (χ1) is 12.6. The smallest absolute Gasteiger partial charge is 0.420 e. The topological polar surface area (TPSA) is 61.4 Å². The van der Waals surface area contributed by atoms with Gasteiger partial charge >= 0.3 is 11.7 Å². The number of benzene rings is 2. The van der Waals surface area contributed by atoms with Gasteiger partial charge in [0, 0.05) is 0 Å². The van der Waals surface area contributed by atoms with Crippen LogP contribution in [0.2, 0.25) is 0 Å². The minimum atomic E-state index is -0.428. The maximum Gasteiger partial charge on any atom is 0.420 e. The van der Waals surface area contributed by atoms with Crippen LogP contribution in [0, 0.1) is 5.92 Å². The molecular formula is C21H21NO4. The fraction of sp³-hybridized carbons (Fsp3) is 0.333. The predicted molar refractivity (Wildman–Crippen MR) is 98.0 cm³/mol. The van der Waals surface area contributed by atoms with Crippen LogP contribution in [0.3, 0.4) is 0 Å². The number of oxazole rings is 1. The van der Waals surface area contributed by atoms with Gasteiger partial charge in [0.15, 0.2) is 5.58 Å². The van der Waals surface area contributed by atoms with Crippen LogP contribution in [0.4, 0.5) is 0 Å². The van der Waals surface area contributed by atoms with Crippen molar-refractivity contribution in [2.75, 3.05) is 6.61 Å². The second-order valence-corrected chi connectivity index (χ2v) is 7.19. The van der Waals surface area contributed by atoms with Gasteiger partial charge in [-0.3, -0.25) is 9.36 Å². The van der Waals surface area contributed by atoms with Crippen LogP contribution in [0.25, 0.3) is 11.1 Å². The summed E-state index contributed by atoms with van der Waals surface area (Å²) in [6.45, 7) is 2.65. The number of carbonyl (C=O) groups is 1. The lowest BCUT2D eigenvalue weighted by Crippen LogP contribution is -2.43. The fourth-order valence-corrected chi connectivity index (χ4v) is 3.85. The number of carbonyl (C=O) groups excluding carboxylic acids is 1. The molecule has 5 heteroatoms. The summed E-state index contributed by atoms with van der Waals surface area (Å²) >= 11 is 0. The Morgan fingerprint density at radius 2 is 1.85 bits per heavy atom. The van der Waals surface area contributed by atoms with Crippen molar-refractivity contribution < 1.29 is 13.9 Å². The van der Waals surface area contributed by atoms with Crippen molar-refractivity contribution in [1.29, 1.82) is 0 Å². The molecule has 1 aromatic heterocycles. The molecule has 134 valence electrons. The third-order valence-electron chi connectivity index (χ3n) is 5.33. The zero-order chi connectivity index (χ0) is 18.1. The molecule has 0 aliphatic heterocycles. The molecule has 4 rings (SSSR count). The average Bonchev–Trinajstić information content (AvgIpc) is 2.95. The molecule has 1 fully saturated rings. The van der Waals surface area contributed by atoms with Gasteiger partial charge in [-0.15, -0.1) is 0 Å². The van der Waals surface area contributed by atoms with Crippen LogP contribution in [-0.2, 0) is 21.5 Å². The minimum Gasteiger partial charge on any atom is -0.464 e. The number of fused-ring (bicyclic) bond motifs is 1. The van der Waals surface area contributed by atoms with Gasteiger partial charge in [-0.05, 0) is 36.0 Å². The molecule has 0 N–H and O–H groups in total. The minimum absolute atomic E-state index is 0.0443. The Kier molecular flexibility index (Phi) is 4.15. The van der Waals surface area contributed by atoms with E-state index in [1.807, 2.05) is 36.4 Å². The van der Waals surface area contributed by atoms with Gasteiger partial charge in [0.05, 0.1) is 18.0 Å². The summed E-state index contributed by atoms with van der Waals surface area (Å²) in [6.07, 6.45) is 1.59. The summed E-state index contributed by atoms with van der Waals surface area (Å²) in [5, 5.41) is 0. The zero-order valence-corrected chi connectivity index (χ0v) is 14.7. The Bertz CT molecular complexity index is 980. The Labute approximate surface area is 151 Å². The Morgan fingerprint density at radius 1 is 1.15 bits per heavy atom. The third-order valence-corrected chi connectivity index (χ3v) is 5.33. The lowest BCUT2D eigenvalue weighted by atomic mass is 9.60. The lowest BCUT2D eigenvalue weighted by molar-refractivity contribution is -0.154. The molecule has 0 amide bonds. The Hall–Kier alpha value is -2.82. The van der Waals surface area contributed by atoms with Gasteiger partial charge < -0.3 is 9.15 Å². The Morgan fingerprint density at radius 3 is 2.62 bits per heavy atom. The third kappa shape index (κ3) is 2.94. The van der Waals surface area contributed by atoms with Gasteiger partial charge in [0.25, 0.3) is 0 Å². The average molecular weight is 351 g/mol. The number of rotatable bonds is 5. The summed E-state index contributed by atoms with van der Waals surface area (Å²) in [6, 6.07) is 17.5. The van der Waals surface area contributed by atoms with E-state index < -0.39 is 5.76 Å². The predicted octanol–water partition coefficient (Wildman–Crippen LogP) is 3.51. The highest BCUT2D eigenvalue weighted by molar-refractivity contribution is 5.74. The zero-order valence-electron chi connectivity index (χ0n) is 14.7. The monoisotopic (exact) mass is 351 g/mol. The number of nitrogens with zero attached hydrogens (tertiary/aromatic N) is 1. The first kappa shape index (κ1) is 16.6. The van der Waals surface area contributed by atoms with E-state index in [1.54, 1.807) is 6.07 Å². The highest BCUT2D eigenvalue weighted by atomic mass is 16.5. The largest absolute Gasteiger partial charge is 0.464 e. The van der Waals surface area contributed by atoms with Gasteiger partial charge in [-0.25, -0.2) is 4.79 Å². The highest BCUT2D eigenvalue weighted by Crippen LogP contribution is 2.47. The molecule has 0 spiro atoms. The maximum atomic E-state index is 12.3. The van der Waals surface area contributed by atoms with Gasteiger partial charge in [-0.2, -0.15) is 0 Å². The van der Waals surface area contributed by atoms with E-state index in [-0.39, 0.29) is 23.9 Å². The van der Waals surface area contributed by atoms with Crippen molar-refractivity contribution in [2.45, 2.75) is 31.7 Å². The molecule has 0 saturated heterocycles. The molecular weight excluding hydrogens is 330 g/mol. The molecule has 0 radical (unpaired) electrons. The summed E-state index contributed by atoms with van der Waals surface area (Å²) < 4.78 is 12.1. The molecule has 3 aromatic rings. The quantitative estimate of drug-likeness (QED) is 0.660. The van der Waals surface area contributed by atoms with Crippen LogP contribution in [0.15, 0.2) is 63.8 Å². The van der Waals surface area contributed by atoms with E-state index in [4.69, 9.17) is 9.15 Å². The number of hydrogen-bond acceptors (Lipinski definition) is 4. The molecule has 0 bridgehead atoms. The number of para-hydroxylation sites is 2. The summed E-state index contributed by atoms with van der Waals surface area (Å²) in [4.78, 5) is 24.2. The van der Waals surface area contributed by atoms with Gasteiger partial charge in [0.2, 0.25) is 0 Å². The molecule has 2 aromatic carbocycles. The van der Waals surface area contributed by atoms with E-state index in [0.717, 1.165) is 12.8 Å². The summed E-state index contributed by atoms with van der Waals surface area (Å²) in [5.41, 5.74) is 2.57. The maximum absolute atomic E-state index is 12.3. The molecule has 1 heterocycles. The molecule has 1 saturated carbocycles. The van der Waals surface area contributed by atoms with Crippen LogP contribution < -0.4 is 5.76 Å². The summed E-state index contributed by atoms with van der Waals surface area (Å²) in [7, 11) is 0. The van der Waals surface area contributed by atoms with Crippen LogP contribution >= 0.6 is 0 Å². The molecule has 1 aliphatic carbocycles. The molecule has 0 unspecified atom stereocenters. The van der Waals surface area contributed by atoms with Crippen LogP contribution in [-0.4, -0.2) is 17.1 Å². The second-order valence-electron chi connectivity index (χ2n) is 7.19. The fourth-order valence-electron chi connectivity index (χ4n) is 3.85. The normalized spacial score (nSPS) is 22.1. The van der Waals surface area contributed by atoms with E-state index in [0.29, 0.717) is 17.6 Å².